The minimum Gasteiger partial charge on any atom is -0.384 e. The molecule has 0 aromatic rings. The Morgan fingerprint density at radius 1 is 1.62 bits per heavy atom. The molecule has 1 spiro atoms. The number of halogens is 1. The Morgan fingerprint density at radius 2 is 2.31 bits per heavy atom. The van der Waals surface area contributed by atoms with Crippen molar-refractivity contribution in [3.8, 4) is 0 Å². The first-order valence-corrected chi connectivity index (χ1v) is 6.44. The number of likely N-dealkylation sites (tertiary alicyclic amines) is 1. The number of methoxy groups -OCH3 is 1. The van der Waals surface area contributed by atoms with Crippen LogP contribution in [0.2, 0.25) is 0 Å². The van der Waals surface area contributed by atoms with E-state index in [4.69, 9.17) is 16.3 Å². The van der Waals surface area contributed by atoms with Gasteiger partial charge in [0, 0.05) is 26.1 Å². The minimum atomic E-state index is -0.404. The fraction of sp³-hybridized carbons (Fsp3) is 0.917. The highest BCUT2D eigenvalue weighted by atomic mass is 35.5. The van der Waals surface area contributed by atoms with Crippen LogP contribution < -0.4 is 0 Å². The van der Waals surface area contributed by atoms with Gasteiger partial charge in [0.25, 0.3) is 0 Å². The van der Waals surface area contributed by atoms with Gasteiger partial charge >= 0.3 is 0 Å². The molecule has 92 valence electrons. The van der Waals surface area contributed by atoms with Crippen LogP contribution in [0.15, 0.2) is 0 Å². The zero-order valence-corrected chi connectivity index (χ0v) is 10.8. The van der Waals surface area contributed by atoms with E-state index >= 15 is 0 Å². The van der Waals surface area contributed by atoms with E-state index in [2.05, 4.69) is 0 Å². The van der Waals surface area contributed by atoms with E-state index in [1.54, 1.807) is 14.0 Å². The van der Waals surface area contributed by atoms with Crippen molar-refractivity contribution in [2.24, 2.45) is 11.3 Å². The largest absolute Gasteiger partial charge is 0.384 e. The highest BCUT2D eigenvalue weighted by molar-refractivity contribution is 6.30. The van der Waals surface area contributed by atoms with Crippen LogP contribution in [-0.2, 0) is 9.53 Å². The molecule has 1 aliphatic heterocycles. The van der Waals surface area contributed by atoms with Crippen LogP contribution >= 0.6 is 11.6 Å². The molecule has 3 nitrogen and oxygen atoms in total. The van der Waals surface area contributed by atoms with Crippen LogP contribution in [0.3, 0.4) is 0 Å². The Kier molecular flexibility index (Phi) is 3.45. The fourth-order valence-corrected chi connectivity index (χ4v) is 3.22. The summed E-state index contributed by atoms with van der Waals surface area (Å²) in [6.45, 7) is 4.22. The standard InChI is InChI=1S/C12H20ClNO2/c1-9(13)11(15)14-6-10(7-16-2)12(8-14)4-3-5-12/h9-10H,3-8H2,1-2H3/t9-,10-/m0/s1. The van der Waals surface area contributed by atoms with Crippen LogP contribution in [0.1, 0.15) is 26.2 Å². The second-order valence-corrected chi connectivity index (χ2v) is 5.86. The predicted molar refractivity (Wildman–Crippen MR) is 63.5 cm³/mol. The average molecular weight is 246 g/mol. The van der Waals surface area contributed by atoms with Crippen molar-refractivity contribution in [2.75, 3.05) is 26.8 Å². The van der Waals surface area contributed by atoms with Gasteiger partial charge in [0.15, 0.2) is 0 Å². The van der Waals surface area contributed by atoms with E-state index < -0.39 is 5.38 Å². The number of carbonyl (C=O) groups is 1. The van der Waals surface area contributed by atoms with Gasteiger partial charge in [-0.05, 0) is 25.2 Å². The zero-order valence-electron chi connectivity index (χ0n) is 10.0. The lowest BCUT2D eigenvalue weighted by Gasteiger charge is -2.42. The molecule has 1 amide bonds. The molecule has 2 atom stereocenters. The molecule has 2 fully saturated rings. The summed E-state index contributed by atoms with van der Waals surface area (Å²) >= 11 is 5.86. The number of rotatable bonds is 3. The lowest BCUT2D eigenvalue weighted by molar-refractivity contribution is -0.130. The average Bonchev–Trinajstić information content (AvgIpc) is 2.56. The Balaban J connectivity index is 2.03. The fourth-order valence-electron chi connectivity index (χ4n) is 3.08. The lowest BCUT2D eigenvalue weighted by Crippen LogP contribution is -2.40. The van der Waals surface area contributed by atoms with Gasteiger partial charge in [-0.15, -0.1) is 11.6 Å². The number of alkyl halides is 1. The van der Waals surface area contributed by atoms with Crippen LogP contribution in [-0.4, -0.2) is 43.0 Å². The molecule has 4 heteroatoms. The molecule has 2 rings (SSSR count). The number of amides is 1. The highest BCUT2D eigenvalue weighted by Gasteiger charge is 2.51. The third-order valence-electron chi connectivity index (χ3n) is 4.18. The van der Waals surface area contributed by atoms with Crippen LogP contribution in [0, 0.1) is 11.3 Å². The molecule has 1 heterocycles. The number of hydrogen-bond acceptors (Lipinski definition) is 2. The summed E-state index contributed by atoms with van der Waals surface area (Å²) in [4.78, 5) is 13.8. The monoisotopic (exact) mass is 245 g/mol. The topological polar surface area (TPSA) is 29.5 Å². The molecule has 0 aromatic heterocycles. The van der Waals surface area contributed by atoms with Crippen molar-refractivity contribution in [3.63, 3.8) is 0 Å². The Bertz CT molecular complexity index is 276. The molecule has 1 saturated heterocycles. The van der Waals surface area contributed by atoms with Crippen molar-refractivity contribution in [2.45, 2.75) is 31.6 Å². The van der Waals surface area contributed by atoms with Crippen molar-refractivity contribution in [1.29, 1.82) is 0 Å². The summed E-state index contributed by atoms with van der Waals surface area (Å²) in [5, 5.41) is -0.404. The van der Waals surface area contributed by atoms with E-state index in [0.29, 0.717) is 11.3 Å². The van der Waals surface area contributed by atoms with E-state index in [1.807, 2.05) is 4.90 Å². The third kappa shape index (κ3) is 1.95. The van der Waals surface area contributed by atoms with Crippen molar-refractivity contribution in [1.82, 2.24) is 4.90 Å². The molecule has 2 aliphatic rings. The summed E-state index contributed by atoms with van der Waals surface area (Å²) in [6, 6.07) is 0. The first-order chi connectivity index (χ1) is 7.59. The number of carbonyl (C=O) groups excluding carboxylic acids is 1. The summed E-state index contributed by atoms with van der Waals surface area (Å²) in [6.07, 6.45) is 3.77. The first kappa shape index (κ1) is 12.2. The third-order valence-corrected chi connectivity index (χ3v) is 4.37. The SMILES string of the molecule is COC[C@@H]1CN(C(=O)[C@H](C)Cl)CC12CCC2. The summed E-state index contributed by atoms with van der Waals surface area (Å²) in [7, 11) is 1.74. The smallest absolute Gasteiger partial charge is 0.240 e. The summed E-state index contributed by atoms with van der Waals surface area (Å²) in [5.74, 6) is 0.581. The molecular weight excluding hydrogens is 226 g/mol. The summed E-state index contributed by atoms with van der Waals surface area (Å²) < 4.78 is 5.27. The van der Waals surface area contributed by atoms with Gasteiger partial charge in [-0.1, -0.05) is 6.42 Å². The molecule has 1 saturated carbocycles. The van der Waals surface area contributed by atoms with Crippen LogP contribution in [0.25, 0.3) is 0 Å². The lowest BCUT2D eigenvalue weighted by atomic mass is 9.63. The maximum absolute atomic E-state index is 11.9. The Labute approximate surface area is 102 Å². The molecule has 0 aromatic carbocycles. The van der Waals surface area contributed by atoms with Crippen LogP contribution in [0.4, 0.5) is 0 Å². The van der Waals surface area contributed by atoms with E-state index in [0.717, 1.165) is 19.7 Å². The number of ether oxygens (including phenoxy) is 1. The quantitative estimate of drug-likeness (QED) is 0.711. The number of nitrogens with zero attached hydrogens (tertiary/aromatic N) is 1. The maximum atomic E-state index is 11.9. The second kappa shape index (κ2) is 4.53. The second-order valence-electron chi connectivity index (χ2n) is 5.20. The van der Waals surface area contributed by atoms with Gasteiger partial charge in [0.05, 0.1) is 6.61 Å². The molecule has 0 N–H and O–H groups in total. The van der Waals surface area contributed by atoms with E-state index in [1.165, 1.54) is 19.3 Å². The molecular formula is C12H20ClNO2. The molecule has 0 radical (unpaired) electrons. The van der Waals surface area contributed by atoms with E-state index in [9.17, 15) is 4.79 Å². The maximum Gasteiger partial charge on any atom is 0.240 e. The van der Waals surface area contributed by atoms with Gasteiger partial charge in [0.1, 0.15) is 5.38 Å². The first-order valence-electron chi connectivity index (χ1n) is 6.01. The van der Waals surface area contributed by atoms with Crippen molar-refractivity contribution in [3.05, 3.63) is 0 Å². The molecule has 0 unspecified atom stereocenters. The van der Waals surface area contributed by atoms with Gasteiger partial charge in [-0.2, -0.15) is 0 Å². The normalized spacial score (nSPS) is 29.2. The molecule has 0 bridgehead atoms. The van der Waals surface area contributed by atoms with Crippen LogP contribution in [0.5, 0.6) is 0 Å². The van der Waals surface area contributed by atoms with Crippen molar-refractivity contribution >= 4 is 17.5 Å². The van der Waals surface area contributed by atoms with Gasteiger partial charge in [-0.25, -0.2) is 0 Å². The summed E-state index contributed by atoms with van der Waals surface area (Å²) in [5.41, 5.74) is 0.345. The predicted octanol–water partition coefficient (Wildman–Crippen LogP) is 1.89. The van der Waals surface area contributed by atoms with E-state index in [-0.39, 0.29) is 5.91 Å². The molecule has 1 aliphatic carbocycles. The van der Waals surface area contributed by atoms with Crippen molar-refractivity contribution < 1.29 is 9.53 Å². The zero-order chi connectivity index (χ0) is 11.8. The van der Waals surface area contributed by atoms with Gasteiger partial charge < -0.3 is 9.64 Å². The molecule has 16 heavy (non-hydrogen) atoms. The highest BCUT2D eigenvalue weighted by Crippen LogP contribution is 2.51. The van der Waals surface area contributed by atoms with Gasteiger partial charge in [0.2, 0.25) is 5.91 Å². The minimum absolute atomic E-state index is 0.0755. The number of hydrogen-bond donors (Lipinski definition) is 0. The Hall–Kier alpha value is -0.280. The van der Waals surface area contributed by atoms with Gasteiger partial charge in [-0.3, -0.25) is 4.79 Å². The Morgan fingerprint density at radius 3 is 2.75 bits per heavy atom.